The second-order valence-corrected chi connectivity index (χ2v) is 6.98. The van der Waals surface area contributed by atoms with Crippen LogP contribution in [0.25, 0.3) is 11.5 Å². The van der Waals surface area contributed by atoms with Gasteiger partial charge >= 0.3 is 5.97 Å². The fourth-order valence-corrected chi connectivity index (χ4v) is 3.64. The molecule has 1 aromatic heterocycles. The first-order valence-corrected chi connectivity index (χ1v) is 9.07. The molecule has 25 heavy (non-hydrogen) atoms. The highest BCUT2D eigenvalue weighted by Gasteiger charge is 2.31. The summed E-state index contributed by atoms with van der Waals surface area (Å²) in [6, 6.07) is 7.60. The van der Waals surface area contributed by atoms with Gasteiger partial charge in [0, 0.05) is 10.6 Å². The molecule has 0 radical (unpaired) electrons. The SMILES string of the molecule is CCC(c1nc(-c2ccc(Cl)cc2)oc1C)N1CCC(C(=O)O)CC1. The molecule has 5 nitrogen and oxygen atoms in total. The Labute approximate surface area is 152 Å². The molecular weight excluding hydrogens is 340 g/mol. The highest BCUT2D eigenvalue weighted by atomic mass is 35.5. The fraction of sp³-hybridized carbons (Fsp3) is 0.474. The Morgan fingerprint density at radius 2 is 2.00 bits per heavy atom. The number of carbonyl (C=O) groups is 1. The standard InChI is InChI=1S/C19H23ClN2O3/c1-3-16(22-10-8-14(9-11-22)19(23)24)17-12(2)25-18(21-17)13-4-6-15(20)7-5-13/h4-7,14,16H,3,8-11H2,1-2H3,(H,23,24). The Balaban J connectivity index is 1.80. The number of hydrogen-bond acceptors (Lipinski definition) is 4. The van der Waals surface area contributed by atoms with Gasteiger partial charge in [-0.05, 0) is 63.5 Å². The molecule has 134 valence electrons. The minimum Gasteiger partial charge on any atom is -0.481 e. The Morgan fingerprint density at radius 3 is 2.56 bits per heavy atom. The molecule has 0 saturated carbocycles. The predicted molar refractivity (Wildman–Crippen MR) is 96.7 cm³/mol. The van der Waals surface area contributed by atoms with Gasteiger partial charge in [-0.1, -0.05) is 18.5 Å². The van der Waals surface area contributed by atoms with Crippen LogP contribution < -0.4 is 0 Å². The monoisotopic (exact) mass is 362 g/mol. The molecule has 1 saturated heterocycles. The summed E-state index contributed by atoms with van der Waals surface area (Å²) >= 11 is 5.94. The Bertz CT molecular complexity index is 734. The van der Waals surface area contributed by atoms with Crippen LogP contribution in [0.5, 0.6) is 0 Å². The normalized spacial score (nSPS) is 17.6. The van der Waals surface area contributed by atoms with Crippen LogP contribution in [0.15, 0.2) is 28.7 Å². The van der Waals surface area contributed by atoms with E-state index in [0.717, 1.165) is 36.5 Å². The summed E-state index contributed by atoms with van der Waals surface area (Å²) in [5.74, 6) is 0.507. The van der Waals surface area contributed by atoms with Gasteiger partial charge in [-0.3, -0.25) is 9.69 Å². The Kier molecular flexibility index (Phi) is 5.45. The van der Waals surface area contributed by atoms with Crippen molar-refractivity contribution in [2.24, 2.45) is 5.92 Å². The molecule has 1 aliphatic heterocycles. The lowest BCUT2D eigenvalue weighted by atomic mass is 9.94. The lowest BCUT2D eigenvalue weighted by Crippen LogP contribution is -2.38. The van der Waals surface area contributed by atoms with E-state index in [1.54, 1.807) is 0 Å². The van der Waals surface area contributed by atoms with Crippen molar-refractivity contribution in [2.45, 2.75) is 39.2 Å². The number of carboxylic acid groups (broad SMARTS) is 1. The van der Waals surface area contributed by atoms with Crippen LogP contribution in [0.3, 0.4) is 0 Å². The second-order valence-electron chi connectivity index (χ2n) is 6.54. The quantitative estimate of drug-likeness (QED) is 0.845. The van der Waals surface area contributed by atoms with Gasteiger partial charge in [0.1, 0.15) is 5.76 Å². The number of piperidine rings is 1. The summed E-state index contributed by atoms with van der Waals surface area (Å²) in [6.07, 6.45) is 2.28. The maximum Gasteiger partial charge on any atom is 0.306 e. The fourth-order valence-electron chi connectivity index (χ4n) is 3.52. The van der Waals surface area contributed by atoms with Gasteiger partial charge in [0.25, 0.3) is 0 Å². The molecule has 0 amide bonds. The first-order chi connectivity index (χ1) is 12.0. The molecule has 2 heterocycles. The van der Waals surface area contributed by atoms with Crippen LogP contribution in [0.4, 0.5) is 0 Å². The van der Waals surface area contributed by atoms with Crippen molar-refractivity contribution in [1.82, 2.24) is 9.88 Å². The van der Waals surface area contributed by atoms with E-state index in [0.29, 0.717) is 23.8 Å². The van der Waals surface area contributed by atoms with E-state index in [1.165, 1.54) is 0 Å². The lowest BCUT2D eigenvalue weighted by Gasteiger charge is -2.35. The van der Waals surface area contributed by atoms with Crippen LogP contribution >= 0.6 is 11.6 Å². The number of halogens is 1. The highest BCUT2D eigenvalue weighted by molar-refractivity contribution is 6.30. The van der Waals surface area contributed by atoms with Gasteiger partial charge in [-0.2, -0.15) is 0 Å². The maximum absolute atomic E-state index is 11.2. The van der Waals surface area contributed by atoms with Gasteiger partial charge < -0.3 is 9.52 Å². The number of nitrogens with zero attached hydrogens (tertiary/aromatic N) is 2. The van der Waals surface area contributed by atoms with Crippen LogP contribution in [0.1, 0.15) is 43.7 Å². The zero-order chi connectivity index (χ0) is 18.0. The van der Waals surface area contributed by atoms with Gasteiger partial charge in [0.2, 0.25) is 5.89 Å². The third kappa shape index (κ3) is 3.88. The molecule has 0 spiro atoms. The van der Waals surface area contributed by atoms with E-state index in [9.17, 15) is 9.90 Å². The van der Waals surface area contributed by atoms with Gasteiger partial charge in [0.15, 0.2) is 0 Å². The zero-order valence-electron chi connectivity index (χ0n) is 14.5. The molecule has 1 fully saturated rings. The summed E-state index contributed by atoms with van der Waals surface area (Å²) < 4.78 is 5.90. The third-order valence-electron chi connectivity index (χ3n) is 4.95. The maximum atomic E-state index is 11.2. The number of aryl methyl sites for hydroxylation is 1. The van der Waals surface area contributed by atoms with E-state index in [-0.39, 0.29) is 12.0 Å². The van der Waals surface area contributed by atoms with Crippen molar-refractivity contribution in [3.8, 4) is 11.5 Å². The molecule has 1 unspecified atom stereocenters. The first kappa shape index (κ1) is 18.0. The molecule has 0 aliphatic carbocycles. The van der Waals surface area contributed by atoms with Crippen molar-refractivity contribution in [3.05, 3.63) is 40.7 Å². The Hall–Kier alpha value is -1.85. The van der Waals surface area contributed by atoms with E-state index >= 15 is 0 Å². The predicted octanol–water partition coefficient (Wildman–Crippen LogP) is 4.55. The smallest absolute Gasteiger partial charge is 0.306 e. The number of carboxylic acids is 1. The molecule has 1 aromatic carbocycles. The minimum absolute atomic E-state index is 0.152. The average molecular weight is 363 g/mol. The van der Waals surface area contributed by atoms with Crippen molar-refractivity contribution in [3.63, 3.8) is 0 Å². The lowest BCUT2D eigenvalue weighted by molar-refractivity contribution is -0.143. The number of rotatable bonds is 5. The Morgan fingerprint density at radius 1 is 1.36 bits per heavy atom. The highest BCUT2D eigenvalue weighted by Crippen LogP contribution is 2.33. The molecule has 1 atom stereocenters. The molecule has 1 N–H and O–H groups in total. The molecular formula is C19H23ClN2O3. The van der Waals surface area contributed by atoms with Crippen LogP contribution in [-0.2, 0) is 4.79 Å². The number of aromatic nitrogens is 1. The molecule has 0 bridgehead atoms. The number of likely N-dealkylation sites (tertiary alicyclic amines) is 1. The molecule has 1 aliphatic rings. The van der Waals surface area contributed by atoms with Crippen molar-refractivity contribution in [2.75, 3.05) is 13.1 Å². The van der Waals surface area contributed by atoms with E-state index < -0.39 is 5.97 Å². The minimum atomic E-state index is -0.685. The molecule has 6 heteroatoms. The van der Waals surface area contributed by atoms with Crippen molar-refractivity contribution < 1.29 is 14.3 Å². The van der Waals surface area contributed by atoms with Gasteiger partial charge in [0.05, 0.1) is 17.7 Å². The van der Waals surface area contributed by atoms with Crippen LogP contribution in [0, 0.1) is 12.8 Å². The largest absolute Gasteiger partial charge is 0.481 e. The third-order valence-corrected chi connectivity index (χ3v) is 5.20. The first-order valence-electron chi connectivity index (χ1n) is 8.69. The van der Waals surface area contributed by atoms with Gasteiger partial charge in [-0.25, -0.2) is 4.98 Å². The summed E-state index contributed by atoms with van der Waals surface area (Å²) in [6.45, 7) is 5.62. The summed E-state index contributed by atoms with van der Waals surface area (Å²) in [5.41, 5.74) is 1.85. The van der Waals surface area contributed by atoms with Crippen LogP contribution in [-0.4, -0.2) is 34.0 Å². The van der Waals surface area contributed by atoms with Crippen molar-refractivity contribution in [1.29, 1.82) is 0 Å². The molecule has 2 aromatic rings. The number of benzene rings is 1. The summed E-state index contributed by atoms with van der Waals surface area (Å²) in [7, 11) is 0. The molecule has 3 rings (SSSR count). The second kappa shape index (κ2) is 7.58. The number of oxazole rings is 1. The number of aliphatic carboxylic acids is 1. The number of hydrogen-bond donors (Lipinski definition) is 1. The van der Waals surface area contributed by atoms with E-state index in [4.69, 9.17) is 21.0 Å². The van der Waals surface area contributed by atoms with E-state index in [2.05, 4.69) is 11.8 Å². The topological polar surface area (TPSA) is 66.6 Å². The summed E-state index contributed by atoms with van der Waals surface area (Å²) in [5, 5.41) is 9.86. The van der Waals surface area contributed by atoms with Crippen molar-refractivity contribution >= 4 is 17.6 Å². The van der Waals surface area contributed by atoms with E-state index in [1.807, 2.05) is 31.2 Å². The van der Waals surface area contributed by atoms with Gasteiger partial charge in [-0.15, -0.1) is 0 Å². The van der Waals surface area contributed by atoms with Crippen LogP contribution in [0.2, 0.25) is 5.02 Å². The average Bonchev–Trinajstić information content (AvgIpc) is 2.98. The summed E-state index contributed by atoms with van der Waals surface area (Å²) in [4.78, 5) is 18.2. The zero-order valence-corrected chi connectivity index (χ0v) is 15.3.